The summed E-state index contributed by atoms with van der Waals surface area (Å²) in [6, 6.07) is 5.35. The lowest BCUT2D eigenvalue weighted by atomic mass is 9.93. The van der Waals surface area contributed by atoms with Gasteiger partial charge in [0.2, 0.25) is 0 Å². The number of benzene rings is 1. The van der Waals surface area contributed by atoms with E-state index in [1.54, 1.807) is 32.2 Å². The zero-order valence-corrected chi connectivity index (χ0v) is 12.7. The lowest BCUT2D eigenvalue weighted by molar-refractivity contribution is 0.0219. The van der Waals surface area contributed by atoms with E-state index in [1.807, 2.05) is 0 Å². The van der Waals surface area contributed by atoms with E-state index in [2.05, 4.69) is 18.9 Å². The molecule has 1 aromatic carbocycles. The fourth-order valence-electron chi connectivity index (χ4n) is 2.43. The molecule has 1 aromatic rings. The smallest absolute Gasteiger partial charge is 0.162 e. The predicted octanol–water partition coefficient (Wildman–Crippen LogP) is 2.76. The highest BCUT2D eigenvalue weighted by Gasteiger charge is 2.31. The Morgan fingerprint density at radius 3 is 2.45 bits per heavy atom. The van der Waals surface area contributed by atoms with E-state index >= 15 is 0 Å². The van der Waals surface area contributed by atoms with Crippen LogP contribution in [0.15, 0.2) is 18.2 Å². The van der Waals surface area contributed by atoms with Gasteiger partial charge in [0.05, 0.1) is 7.11 Å². The van der Waals surface area contributed by atoms with Crippen molar-refractivity contribution in [2.75, 3.05) is 27.2 Å². The molecular formula is C16H23NO3. The summed E-state index contributed by atoms with van der Waals surface area (Å²) < 4.78 is 11.5. The van der Waals surface area contributed by atoms with E-state index in [9.17, 15) is 4.79 Å². The average molecular weight is 277 g/mol. The van der Waals surface area contributed by atoms with Gasteiger partial charge < -0.3 is 14.4 Å². The average Bonchev–Trinajstić information content (AvgIpc) is 2.42. The van der Waals surface area contributed by atoms with Crippen LogP contribution in [0.1, 0.15) is 37.0 Å². The lowest BCUT2D eigenvalue weighted by Gasteiger charge is -2.38. The number of Topliss-reactive ketones (excluding diaryl/α,β-unsaturated/α-hetero) is 1. The van der Waals surface area contributed by atoms with Gasteiger partial charge in [0, 0.05) is 18.7 Å². The maximum absolute atomic E-state index is 11.5. The van der Waals surface area contributed by atoms with Crippen LogP contribution in [0.5, 0.6) is 11.5 Å². The molecule has 1 aliphatic rings. The quantitative estimate of drug-likeness (QED) is 0.793. The summed E-state index contributed by atoms with van der Waals surface area (Å²) in [5.74, 6) is 1.37. The number of ether oxygens (including phenoxy) is 2. The van der Waals surface area contributed by atoms with Crippen molar-refractivity contribution in [1.29, 1.82) is 0 Å². The van der Waals surface area contributed by atoms with Crippen molar-refractivity contribution in [3.8, 4) is 11.5 Å². The van der Waals surface area contributed by atoms with Crippen molar-refractivity contribution in [3.05, 3.63) is 23.8 Å². The highest BCUT2D eigenvalue weighted by atomic mass is 16.5. The Labute approximate surface area is 120 Å². The molecule has 0 saturated carbocycles. The highest BCUT2D eigenvalue weighted by Crippen LogP contribution is 2.35. The van der Waals surface area contributed by atoms with Gasteiger partial charge in [-0.2, -0.15) is 0 Å². The minimum Gasteiger partial charge on any atom is -0.493 e. The summed E-state index contributed by atoms with van der Waals surface area (Å²) in [7, 11) is 3.74. The summed E-state index contributed by atoms with van der Waals surface area (Å²) in [5.41, 5.74) is 0.451. The van der Waals surface area contributed by atoms with Crippen LogP contribution in [0.4, 0.5) is 0 Å². The second kappa shape index (κ2) is 5.83. The Balaban J connectivity index is 2.22. The maximum Gasteiger partial charge on any atom is 0.162 e. The van der Waals surface area contributed by atoms with Crippen molar-refractivity contribution in [2.45, 2.75) is 32.3 Å². The molecule has 0 N–H and O–H groups in total. The molecule has 20 heavy (non-hydrogen) atoms. The zero-order valence-electron chi connectivity index (χ0n) is 12.7. The molecule has 4 heteroatoms. The van der Waals surface area contributed by atoms with E-state index in [-0.39, 0.29) is 11.4 Å². The molecule has 0 amide bonds. The van der Waals surface area contributed by atoms with Gasteiger partial charge in [-0.15, -0.1) is 0 Å². The molecule has 0 spiro atoms. The molecule has 1 aliphatic heterocycles. The Hall–Kier alpha value is -1.55. The first-order chi connectivity index (χ1) is 9.43. The largest absolute Gasteiger partial charge is 0.493 e. The monoisotopic (exact) mass is 277 g/mol. The summed E-state index contributed by atoms with van der Waals surface area (Å²) >= 11 is 0. The molecule has 1 heterocycles. The number of ketones is 1. The van der Waals surface area contributed by atoms with Crippen LogP contribution < -0.4 is 9.47 Å². The van der Waals surface area contributed by atoms with E-state index in [1.165, 1.54) is 0 Å². The van der Waals surface area contributed by atoms with Crippen molar-refractivity contribution >= 4 is 5.78 Å². The standard InChI is InChI=1S/C16H23NO3/c1-12(18)13-5-6-14(19-4)15(11-13)20-16(2)7-9-17(3)10-8-16/h5-6,11H,7-10H2,1-4H3. The second-order valence-electron chi connectivity index (χ2n) is 5.78. The number of likely N-dealkylation sites (tertiary alicyclic amines) is 1. The molecule has 0 radical (unpaired) electrons. The molecule has 2 rings (SSSR count). The van der Waals surface area contributed by atoms with Crippen LogP contribution in [0, 0.1) is 0 Å². The first-order valence-corrected chi connectivity index (χ1v) is 7.00. The van der Waals surface area contributed by atoms with Crippen molar-refractivity contribution < 1.29 is 14.3 Å². The lowest BCUT2D eigenvalue weighted by Crippen LogP contribution is -2.44. The molecule has 0 aromatic heterocycles. The highest BCUT2D eigenvalue weighted by molar-refractivity contribution is 5.94. The Kier molecular flexibility index (Phi) is 4.33. The summed E-state index contributed by atoms with van der Waals surface area (Å²) in [4.78, 5) is 13.8. The van der Waals surface area contributed by atoms with Gasteiger partial charge in [0.15, 0.2) is 17.3 Å². The summed E-state index contributed by atoms with van der Waals surface area (Å²) in [5, 5.41) is 0. The van der Waals surface area contributed by atoms with E-state index in [4.69, 9.17) is 9.47 Å². The van der Waals surface area contributed by atoms with E-state index < -0.39 is 0 Å². The van der Waals surface area contributed by atoms with Crippen molar-refractivity contribution in [2.24, 2.45) is 0 Å². The number of piperidine rings is 1. The van der Waals surface area contributed by atoms with Crippen molar-refractivity contribution in [1.82, 2.24) is 4.90 Å². The first kappa shape index (κ1) is 14.9. The molecule has 110 valence electrons. The molecule has 0 unspecified atom stereocenters. The third-order valence-electron chi connectivity index (χ3n) is 3.97. The Morgan fingerprint density at radius 2 is 1.90 bits per heavy atom. The minimum absolute atomic E-state index is 0.0334. The molecule has 1 fully saturated rings. The first-order valence-electron chi connectivity index (χ1n) is 7.00. The van der Waals surface area contributed by atoms with Gasteiger partial charge in [-0.1, -0.05) is 0 Å². The zero-order chi connectivity index (χ0) is 14.8. The van der Waals surface area contributed by atoms with Crippen LogP contribution in [-0.4, -0.2) is 43.5 Å². The van der Waals surface area contributed by atoms with Crippen LogP contribution in [-0.2, 0) is 0 Å². The number of nitrogens with zero attached hydrogens (tertiary/aromatic N) is 1. The van der Waals surface area contributed by atoms with E-state index in [0.717, 1.165) is 25.9 Å². The van der Waals surface area contributed by atoms with Gasteiger partial charge in [0.25, 0.3) is 0 Å². The molecular weight excluding hydrogens is 254 g/mol. The molecule has 0 aliphatic carbocycles. The van der Waals surface area contributed by atoms with Gasteiger partial charge in [0.1, 0.15) is 5.60 Å². The SMILES string of the molecule is COc1ccc(C(C)=O)cc1OC1(C)CCN(C)CC1. The Morgan fingerprint density at radius 1 is 1.25 bits per heavy atom. The number of hydrogen-bond acceptors (Lipinski definition) is 4. The topological polar surface area (TPSA) is 38.8 Å². The molecule has 0 atom stereocenters. The number of carbonyl (C=O) groups excluding carboxylic acids is 1. The minimum atomic E-state index is -0.199. The van der Waals surface area contributed by atoms with Gasteiger partial charge >= 0.3 is 0 Å². The van der Waals surface area contributed by atoms with Gasteiger partial charge in [-0.25, -0.2) is 0 Å². The molecule has 4 nitrogen and oxygen atoms in total. The normalized spacial score (nSPS) is 18.6. The van der Waals surface area contributed by atoms with Crippen molar-refractivity contribution in [3.63, 3.8) is 0 Å². The molecule has 0 bridgehead atoms. The fraction of sp³-hybridized carbons (Fsp3) is 0.562. The fourth-order valence-corrected chi connectivity index (χ4v) is 2.43. The third-order valence-corrected chi connectivity index (χ3v) is 3.97. The Bertz CT molecular complexity index is 490. The second-order valence-corrected chi connectivity index (χ2v) is 5.78. The summed E-state index contributed by atoms with van der Waals surface area (Å²) in [6.07, 6.45) is 1.94. The van der Waals surface area contributed by atoms with Crippen LogP contribution in [0.2, 0.25) is 0 Å². The van der Waals surface area contributed by atoms with Crippen LogP contribution >= 0.6 is 0 Å². The number of hydrogen-bond donors (Lipinski definition) is 0. The predicted molar refractivity (Wildman–Crippen MR) is 78.8 cm³/mol. The van der Waals surface area contributed by atoms with Gasteiger partial charge in [-0.05, 0) is 51.9 Å². The third kappa shape index (κ3) is 3.31. The van der Waals surface area contributed by atoms with E-state index in [0.29, 0.717) is 17.1 Å². The maximum atomic E-state index is 11.5. The number of methoxy groups -OCH3 is 1. The summed E-state index contributed by atoms with van der Waals surface area (Å²) in [6.45, 7) is 5.72. The molecule has 1 saturated heterocycles. The van der Waals surface area contributed by atoms with Crippen LogP contribution in [0.3, 0.4) is 0 Å². The van der Waals surface area contributed by atoms with Crippen LogP contribution in [0.25, 0.3) is 0 Å². The van der Waals surface area contributed by atoms with Gasteiger partial charge in [-0.3, -0.25) is 4.79 Å². The number of rotatable bonds is 4. The number of carbonyl (C=O) groups is 1.